The van der Waals surface area contributed by atoms with E-state index in [4.69, 9.17) is 9.47 Å². The van der Waals surface area contributed by atoms with Crippen molar-refractivity contribution in [3.63, 3.8) is 0 Å². The van der Waals surface area contributed by atoms with Gasteiger partial charge in [0.2, 0.25) is 0 Å². The highest BCUT2D eigenvalue weighted by Crippen LogP contribution is 2.36. The highest BCUT2D eigenvalue weighted by atomic mass is 127. The SMILES string of the molecule is CN=C(NCCCOCC1CCOC1)NC1CC(c2ccccc2)C1.I. The Morgan fingerprint density at radius 1 is 1.27 bits per heavy atom. The molecule has 1 saturated carbocycles. The van der Waals surface area contributed by atoms with E-state index in [1.807, 2.05) is 7.05 Å². The van der Waals surface area contributed by atoms with Crippen molar-refractivity contribution in [2.24, 2.45) is 10.9 Å². The highest BCUT2D eigenvalue weighted by molar-refractivity contribution is 14.0. The molecule has 0 aromatic heterocycles. The molecule has 1 heterocycles. The number of nitrogens with zero attached hydrogens (tertiary/aromatic N) is 1. The van der Waals surface area contributed by atoms with Gasteiger partial charge in [-0.2, -0.15) is 0 Å². The zero-order chi connectivity index (χ0) is 17.3. The second kappa shape index (κ2) is 11.8. The molecule has 5 nitrogen and oxygen atoms in total. The number of ether oxygens (including phenoxy) is 2. The summed E-state index contributed by atoms with van der Waals surface area (Å²) in [5.74, 6) is 2.18. The molecule has 0 amide bonds. The highest BCUT2D eigenvalue weighted by Gasteiger charge is 2.30. The lowest BCUT2D eigenvalue weighted by atomic mass is 9.76. The second-order valence-corrected chi connectivity index (χ2v) is 7.08. The topological polar surface area (TPSA) is 54.9 Å². The van der Waals surface area contributed by atoms with Crippen molar-refractivity contribution in [3.05, 3.63) is 35.9 Å². The van der Waals surface area contributed by atoms with Crippen molar-refractivity contribution in [3.8, 4) is 0 Å². The Bertz CT molecular complexity index is 529. The van der Waals surface area contributed by atoms with E-state index in [0.717, 1.165) is 51.8 Å². The van der Waals surface area contributed by atoms with E-state index in [9.17, 15) is 0 Å². The van der Waals surface area contributed by atoms with Crippen LogP contribution >= 0.6 is 24.0 Å². The lowest BCUT2D eigenvalue weighted by Gasteiger charge is -2.37. The van der Waals surface area contributed by atoms with Crippen molar-refractivity contribution in [2.45, 2.75) is 37.6 Å². The molecule has 1 unspecified atom stereocenters. The number of benzene rings is 1. The van der Waals surface area contributed by atoms with Gasteiger partial charge in [0.15, 0.2) is 5.96 Å². The second-order valence-electron chi connectivity index (χ2n) is 7.08. The van der Waals surface area contributed by atoms with Gasteiger partial charge in [-0.3, -0.25) is 4.99 Å². The molecule has 2 aliphatic rings. The molecule has 6 heteroatoms. The predicted molar refractivity (Wildman–Crippen MR) is 116 cm³/mol. The molecular weight excluding hydrogens is 441 g/mol. The first kappa shape index (κ1) is 21.4. The summed E-state index contributed by atoms with van der Waals surface area (Å²) in [5, 5.41) is 6.91. The van der Waals surface area contributed by atoms with Crippen LogP contribution in [0.25, 0.3) is 0 Å². The molecule has 1 aliphatic carbocycles. The summed E-state index contributed by atoms with van der Waals surface area (Å²) < 4.78 is 11.1. The van der Waals surface area contributed by atoms with Crippen LogP contribution in [-0.2, 0) is 9.47 Å². The Kier molecular flexibility index (Phi) is 9.71. The molecule has 146 valence electrons. The third kappa shape index (κ3) is 6.70. The predicted octanol–water partition coefficient (Wildman–Crippen LogP) is 3.16. The molecule has 3 rings (SSSR count). The maximum absolute atomic E-state index is 5.73. The summed E-state index contributed by atoms with van der Waals surface area (Å²) in [7, 11) is 1.83. The van der Waals surface area contributed by atoms with Crippen LogP contribution in [-0.4, -0.2) is 52.0 Å². The minimum atomic E-state index is 0. The number of nitrogens with one attached hydrogen (secondary N) is 2. The minimum Gasteiger partial charge on any atom is -0.381 e. The maximum Gasteiger partial charge on any atom is 0.191 e. The van der Waals surface area contributed by atoms with E-state index < -0.39 is 0 Å². The smallest absolute Gasteiger partial charge is 0.191 e. The fourth-order valence-electron chi connectivity index (χ4n) is 3.47. The summed E-state index contributed by atoms with van der Waals surface area (Å²) in [6.07, 6.45) is 4.49. The van der Waals surface area contributed by atoms with Gasteiger partial charge in [-0.25, -0.2) is 0 Å². The van der Waals surface area contributed by atoms with Crippen molar-refractivity contribution < 1.29 is 9.47 Å². The van der Waals surface area contributed by atoms with Crippen LogP contribution in [0.5, 0.6) is 0 Å². The Hall–Kier alpha value is -0.860. The van der Waals surface area contributed by atoms with Crippen molar-refractivity contribution >= 4 is 29.9 Å². The average molecular weight is 473 g/mol. The van der Waals surface area contributed by atoms with Crippen LogP contribution < -0.4 is 10.6 Å². The fourth-order valence-corrected chi connectivity index (χ4v) is 3.47. The van der Waals surface area contributed by atoms with Crippen molar-refractivity contribution in [1.29, 1.82) is 0 Å². The Labute approximate surface area is 174 Å². The molecule has 1 aromatic carbocycles. The third-order valence-corrected chi connectivity index (χ3v) is 5.11. The lowest BCUT2D eigenvalue weighted by Crippen LogP contribution is -2.48. The number of guanidine groups is 1. The standard InChI is InChI=1S/C20H31N3O2.HI/c1-21-20(22-9-5-10-24-14-16-8-11-25-15-16)23-19-12-18(13-19)17-6-3-2-4-7-17;/h2-4,6-7,16,18-19H,5,8-15H2,1H3,(H2,21,22,23);1H. The van der Waals surface area contributed by atoms with Crippen molar-refractivity contribution in [1.82, 2.24) is 10.6 Å². The maximum atomic E-state index is 5.73. The molecule has 1 aromatic rings. The molecule has 2 fully saturated rings. The first-order chi connectivity index (χ1) is 12.3. The molecule has 1 saturated heterocycles. The van der Waals surface area contributed by atoms with Crippen LogP contribution in [0.2, 0.25) is 0 Å². The summed E-state index contributed by atoms with van der Waals surface area (Å²) in [5.41, 5.74) is 1.45. The van der Waals surface area contributed by atoms with Gasteiger partial charge in [0.05, 0.1) is 13.2 Å². The fraction of sp³-hybridized carbons (Fsp3) is 0.650. The van der Waals surface area contributed by atoms with Crippen LogP contribution in [0.4, 0.5) is 0 Å². The zero-order valence-corrected chi connectivity index (χ0v) is 18.0. The van der Waals surface area contributed by atoms with E-state index >= 15 is 0 Å². The van der Waals surface area contributed by atoms with Gasteiger partial charge < -0.3 is 20.1 Å². The van der Waals surface area contributed by atoms with Crippen LogP contribution in [0.1, 0.15) is 37.2 Å². The van der Waals surface area contributed by atoms with E-state index in [0.29, 0.717) is 17.9 Å². The quantitative estimate of drug-likeness (QED) is 0.264. The summed E-state index contributed by atoms with van der Waals surface area (Å²) in [6.45, 7) is 4.26. The van der Waals surface area contributed by atoms with E-state index in [1.165, 1.54) is 18.4 Å². The third-order valence-electron chi connectivity index (χ3n) is 5.11. The number of aliphatic imine (C=N–C) groups is 1. The van der Waals surface area contributed by atoms with Gasteiger partial charge in [0.1, 0.15) is 0 Å². The van der Waals surface area contributed by atoms with Crippen LogP contribution in [0.3, 0.4) is 0 Å². The van der Waals surface area contributed by atoms with E-state index in [2.05, 4.69) is 46.0 Å². The largest absolute Gasteiger partial charge is 0.381 e. The monoisotopic (exact) mass is 473 g/mol. The molecule has 0 radical (unpaired) electrons. The molecule has 0 bridgehead atoms. The minimum absolute atomic E-state index is 0. The molecular formula is C20H32IN3O2. The van der Waals surface area contributed by atoms with Gasteiger partial charge in [-0.1, -0.05) is 30.3 Å². The van der Waals surface area contributed by atoms with Crippen molar-refractivity contribution in [2.75, 3.05) is 40.0 Å². The van der Waals surface area contributed by atoms with E-state index in [-0.39, 0.29) is 24.0 Å². The van der Waals surface area contributed by atoms with Crippen LogP contribution in [0.15, 0.2) is 35.3 Å². The number of rotatable bonds is 8. The number of hydrogen-bond acceptors (Lipinski definition) is 3. The molecule has 26 heavy (non-hydrogen) atoms. The molecule has 1 atom stereocenters. The summed E-state index contributed by atoms with van der Waals surface area (Å²) in [6, 6.07) is 11.3. The zero-order valence-electron chi connectivity index (χ0n) is 15.7. The Morgan fingerprint density at radius 3 is 2.77 bits per heavy atom. The first-order valence-corrected chi connectivity index (χ1v) is 9.52. The first-order valence-electron chi connectivity index (χ1n) is 9.52. The van der Waals surface area contributed by atoms with Gasteiger partial charge in [0.25, 0.3) is 0 Å². The normalized spacial score (nSPS) is 25.3. The number of halogens is 1. The van der Waals surface area contributed by atoms with Gasteiger partial charge in [-0.05, 0) is 37.2 Å². The van der Waals surface area contributed by atoms with Crippen LogP contribution in [0, 0.1) is 5.92 Å². The molecule has 0 spiro atoms. The van der Waals surface area contributed by atoms with E-state index in [1.54, 1.807) is 0 Å². The van der Waals surface area contributed by atoms with Gasteiger partial charge in [0, 0.05) is 38.8 Å². The summed E-state index contributed by atoms with van der Waals surface area (Å²) in [4.78, 5) is 4.33. The van der Waals surface area contributed by atoms with Gasteiger partial charge >= 0.3 is 0 Å². The average Bonchev–Trinajstić information content (AvgIpc) is 3.13. The Morgan fingerprint density at radius 2 is 2.08 bits per heavy atom. The lowest BCUT2D eigenvalue weighted by molar-refractivity contribution is 0.0888. The summed E-state index contributed by atoms with van der Waals surface area (Å²) >= 11 is 0. The molecule has 1 aliphatic heterocycles. The Balaban J connectivity index is 0.00000243. The number of hydrogen-bond donors (Lipinski definition) is 2. The molecule has 2 N–H and O–H groups in total. The van der Waals surface area contributed by atoms with Gasteiger partial charge in [-0.15, -0.1) is 24.0 Å².